The van der Waals surface area contributed by atoms with Crippen LogP contribution in [0, 0.1) is 0 Å². The summed E-state index contributed by atoms with van der Waals surface area (Å²) in [5.74, 6) is 0. The molecular weight excluding hydrogens is 221 g/mol. The SMILES string of the molecule is Cn1c(C=O)c(Cl)c2cc(Cl)ccc21. The molecule has 2 rings (SSSR count). The third-order valence-electron chi connectivity index (χ3n) is 2.25. The number of fused-ring (bicyclic) bond motifs is 1. The van der Waals surface area contributed by atoms with Crippen LogP contribution in [-0.2, 0) is 7.05 Å². The highest BCUT2D eigenvalue weighted by atomic mass is 35.5. The van der Waals surface area contributed by atoms with Gasteiger partial charge in [-0.3, -0.25) is 4.79 Å². The number of rotatable bonds is 1. The highest BCUT2D eigenvalue weighted by Gasteiger charge is 2.12. The van der Waals surface area contributed by atoms with Crippen LogP contribution in [0.5, 0.6) is 0 Å². The summed E-state index contributed by atoms with van der Waals surface area (Å²) in [6, 6.07) is 5.37. The van der Waals surface area contributed by atoms with E-state index in [9.17, 15) is 4.79 Å². The molecule has 0 radical (unpaired) electrons. The maximum Gasteiger partial charge on any atom is 0.168 e. The Hall–Kier alpha value is -0.990. The Kier molecular flexibility index (Phi) is 2.25. The van der Waals surface area contributed by atoms with Crippen molar-refractivity contribution in [3.8, 4) is 0 Å². The number of nitrogens with zero attached hydrogens (tertiary/aromatic N) is 1. The van der Waals surface area contributed by atoms with Crippen LogP contribution < -0.4 is 0 Å². The Morgan fingerprint density at radius 1 is 1.36 bits per heavy atom. The molecule has 2 nitrogen and oxygen atoms in total. The molecule has 72 valence electrons. The van der Waals surface area contributed by atoms with E-state index < -0.39 is 0 Å². The molecule has 1 aromatic carbocycles. The van der Waals surface area contributed by atoms with Crippen molar-refractivity contribution in [1.82, 2.24) is 4.57 Å². The van der Waals surface area contributed by atoms with Gasteiger partial charge in [0.25, 0.3) is 0 Å². The number of aromatic nitrogens is 1. The van der Waals surface area contributed by atoms with Crippen LogP contribution in [0.15, 0.2) is 18.2 Å². The van der Waals surface area contributed by atoms with Crippen molar-refractivity contribution in [1.29, 1.82) is 0 Å². The summed E-state index contributed by atoms with van der Waals surface area (Å²) in [5.41, 5.74) is 1.38. The minimum absolute atomic E-state index is 0.458. The van der Waals surface area contributed by atoms with E-state index in [-0.39, 0.29) is 0 Å². The molecule has 1 aromatic heterocycles. The molecule has 0 spiro atoms. The largest absolute Gasteiger partial charge is 0.340 e. The monoisotopic (exact) mass is 227 g/mol. The Morgan fingerprint density at radius 2 is 2.07 bits per heavy atom. The van der Waals surface area contributed by atoms with Crippen molar-refractivity contribution in [2.24, 2.45) is 7.05 Å². The molecule has 0 N–H and O–H groups in total. The zero-order chi connectivity index (χ0) is 10.3. The summed E-state index contributed by atoms with van der Waals surface area (Å²) in [7, 11) is 1.80. The summed E-state index contributed by atoms with van der Waals surface area (Å²) in [4.78, 5) is 10.8. The molecule has 0 saturated heterocycles. The van der Waals surface area contributed by atoms with Crippen molar-refractivity contribution >= 4 is 40.4 Å². The molecule has 0 amide bonds. The van der Waals surface area contributed by atoms with Crippen molar-refractivity contribution in [3.63, 3.8) is 0 Å². The number of aldehydes is 1. The van der Waals surface area contributed by atoms with Crippen molar-refractivity contribution in [2.45, 2.75) is 0 Å². The van der Waals surface area contributed by atoms with Gasteiger partial charge in [-0.2, -0.15) is 0 Å². The van der Waals surface area contributed by atoms with Crippen LogP contribution in [0.4, 0.5) is 0 Å². The van der Waals surface area contributed by atoms with E-state index in [0.29, 0.717) is 15.7 Å². The van der Waals surface area contributed by atoms with E-state index >= 15 is 0 Å². The lowest BCUT2D eigenvalue weighted by molar-refractivity contribution is 0.111. The van der Waals surface area contributed by atoms with Gasteiger partial charge in [0.2, 0.25) is 0 Å². The zero-order valence-corrected chi connectivity index (χ0v) is 8.93. The van der Waals surface area contributed by atoms with Gasteiger partial charge in [-0.05, 0) is 18.2 Å². The summed E-state index contributed by atoms with van der Waals surface area (Å²) in [6.45, 7) is 0. The molecule has 0 atom stereocenters. The first-order chi connectivity index (χ1) is 6.65. The minimum Gasteiger partial charge on any atom is -0.340 e. The zero-order valence-electron chi connectivity index (χ0n) is 7.42. The smallest absolute Gasteiger partial charge is 0.168 e. The van der Waals surface area contributed by atoms with Gasteiger partial charge in [0.1, 0.15) is 5.69 Å². The van der Waals surface area contributed by atoms with Crippen molar-refractivity contribution in [2.75, 3.05) is 0 Å². The van der Waals surface area contributed by atoms with Crippen LogP contribution in [0.3, 0.4) is 0 Å². The van der Waals surface area contributed by atoms with E-state index in [4.69, 9.17) is 23.2 Å². The van der Waals surface area contributed by atoms with Crippen LogP contribution >= 0.6 is 23.2 Å². The normalized spacial score (nSPS) is 10.8. The summed E-state index contributed by atoms with van der Waals surface area (Å²) < 4.78 is 1.75. The highest BCUT2D eigenvalue weighted by molar-refractivity contribution is 6.39. The number of benzene rings is 1. The topological polar surface area (TPSA) is 22.0 Å². The first-order valence-electron chi connectivity index (χ1n) is 4.03. The average Bonchev–Trinajstić information content (AvgIpc) is 2.39. The lowest BCUT2D eigenvalue weighted by Gasteiger charge is -1.96. The summed E-state index contributed by atoms with van der Waals surface area (Å²) in [6.07, 6.45) is 0.746. The molecule has 1 heterocycles. The molecule has 0 fully saturated rings. The van der Waals surface area contributed by atoms with Gasteiger partial charge >= 0.3 is 0 Å². The van der Waals surface area contributed by atoms with Crippen molar-refractivity contribution in [3.05, 3.63) is 33.9 Å². The lowest BCUT2D eigenvalue weighted by Crippen LogP contribution is -1.93. The van der Waals surface area contributed by atoms with E-state index in [1.165, 1.54) is 0 Å². The second-order valence-corrected chi connectivity index (χ2v) is 3.85. The Labute approximate surface area is 91.0 Å². The van der Waals surface area contributed by atoms with Gasteiger partial charge < -0.3 is 4.57 Å². The fourth-order valence-corrected chi connectivity index (χ4v) is 2.02. The lowest BCUT2D eigenvalue weighted by atomic mass is 10.2. The van der Waals surface area contributed by atoms with Gasteiger partial charge in [0, 0.05) is 23.0 Å². The molecular formula is C10H7Cl2NO. The number of carbonyl (C=O) groups excluding carboxylic acids is 1. The van der Waals surface area contributed by atoms with Crippen molar-refractivity contribution < 1.29 is 4.79 Å². The highest BCUT2D eigenvalue weighted by Crippen LogP contribution is 2.30. The first kappa shape index (κ1) is 9.56. The molecule has 0 aliphatic rings. The summed E-state index contributed by atoms with van der Waals surface area (Å²) in [5, 5.41) is 1.88. The van der Waals surface area contributed by atoms with Crippen LogP contribution in [0.1, 0.15) is 10.5 Å². The van der Waals surface area contributed by atoms with Gasteiger partial charge in [-0.1, -0.05) is 23.2 Å². The van der Waals surface area contributed by atoms with Gasteiger partial charge in [-0.25, -0.2) is 0 Å². The van der Waals surface area contributed by atoms with E-state index in [1.807, 2.05) is 6.07 Å². The van der Waals surface area contributed by atoms with E-state index in [2.05, 4.69) is 0 Å². The molecule has 14 heavy (non-hydrogen) atoms. The van der Waals surface area contributed by atoms with Crippen LogP contribution in [-0.4, -0.2) is 10.9 Å². The van der Waals surface area contributed by atoms with E-state index in [0.717, 1.165) is 17.2 Å². The third-order valence-corrected chi connectivity index (χ3v) is 2.89. The average molecular weight is 228 g/mol. The second kappa shape index (κ2) is 3.30. The molecule has 0 unspecified atom stereocenters. The van der Waals surface area contributed by atoms with Gasteiger partial charge in [0.05, 0.1) is 5.02 Å². The fourth-order valence-electron chi connectivity index (χ4n) is 1.52. The standard InChI is InChI=1S/C10H7Cl2NO/c1-13-8-3-2-6(11)4-7(8)10(12)9(13)5-14/h2-5H,1H3. The quantitative estimate of drug-likeness (QED) is 0.686. The molecule has 4 heteroatoms. The number of hydrogen-bond acceptors (Lipinski definition) is 1. The number of aryl methyl sites for hydroxylation is 1. The van der Waals surface area contributed by atoms with Gasteiger partial charge in [-0.15, -0.1) is 0 Å². The molecule has 0 aliphatic carbocycles. The number of halogens is 2. The number of carbonyl (C=O) groups is 1. The molecule has 0 bridgehead atoms. The van der Waals surface area contributed by atoms with Gasteiger partial charge in [0.15, 0.2) is 6.29 Å². The second-order valence-electron chi connectivity index (χ2n) is 3.04. The Bertz CT molecular complexity index is 516. The predicted octanol–water partition coefficient (Wildman–Crippen LogP) is 3.30. The molecule has 0 saturated carbocycles. The van der Waals surface area contributed by atoms with Crippen LogP contribution in [0.25, 0.3) is 10.9 Å². The predicted molar refractivity (Wildman–Crippen MR) is 58.3 cm³/mol. The maximum atomic E-state index is 10.8. The third kappa shape index (κ3) is 1.22. The Balaban J connectivity index is 2.94. The number of hydrogen-bond donors (Lipinski definition) is 0. The summed E-state index contributed by atoms with van der Waals surface area (Å²) >= 11 is 11.9. The molecule has 0 aliphatic heterocycles. The Morgan fingerprint density at radius 3 is 2.71 bits per heavy atom. The maximum absolute atomic E-state index is 10.8. The first-order valence-corrected chi connectivity index (χ1v) is 4.79. The van der Waals surface area contributed by atoms with Crippen LogP contribution in [0.2, 0.25) is 10.0 Å². The fraction of sp³-hybridized carbons (Fsp3) is 0.100. The molecule has 2 aromatic rings. The minimum atomic E-state index is 0.458. The van der Waals surface area contributed by atoms with E-state index in [1.54, 1.807) is 23.7 Å².